The molecule has 0 radical (unpaired) electrons. The van der Waals surface area contributed by atoms with Gasteiger partial charge in [-0.05, 0) is 13.0 Å². The highest BCUT2D eigenvalue weighted by Crippen LogP contribution is 2.28. The standard InChI is InChI=1S/C21H23N3O5.C4H4O4/c1-2-23(20(25)15-22-10-12-29-13-11-22)19-9-8-17(24(27)28)14-18(19)21(26)16-6-4-3-5-7-16;5-3(6)1-2-4(7)8/h3-9,14H,2,10-13,15H2,1H3;1-2H,(H,5,6)(H,7,8)/b;2-1-. The average molecular weight is 514 g/mol. The maximum atomic E-state index is 13.1. The number of ketones is 1. The number of hydrogen-bond donors (Lipinski definition) is 2. The number of aliphatic carboxylic acids is 2. The Labute approximate surface area is 212 Å². The summed E-state index contributed by atoms with van der Waals surface area (Å²) in [4.78, 5) is 59.4. The predicted molar refractivity (Wildman–Crippen MR) is 133 cm³/mol. The van der Waals surface area contributed by atoms with Crippen molar-refractivity contribution in [1.82, 2.24) is 4.90 Å². The van der Waals surface area contributed by atoms with Gasteiger partial charge in [0, 0.05) is 49.5 Å². The Kier molecular flexibility index (Phi) is 11.1. The highest BCUT2D eigenvalue weighted by atomic mass is 16.6. The van der Waals surface area contributed by atoms with Crippen LogP contribution in [-0.2, 0) is 19.1 Å². The van der Waals surface area contributed by atoms with Crippen LogP contribution < -0.4 is 4.90 Å². The van der Waals surface area contributed by atoms with Crippen molar-refractivity contribution >= 4 is 35.0 Å². The van der Waals surface area contributed by atoms with E-state index in [9.17, 15) is 29.3 Å². The number of non-ortho nitro benzene ring substituents is 1. The van der Waals surface area contributed by atoms with E-state index in [1.807, 2.05) is 11.8 Å². The maximum Gasteiger partial charge on any atom is 0.328 e. The number of ether oxygens (including phenoxy) is 1. The zero-order chi connectivity index (χ0) is 27.4. The van der Waals surface area contributed by atoms with Crippen molar-refractivity contribution in [2.24, 2.45) is 0 Å². The summed E-state index contributed by atoms with van der Waals surface area (Å²) in [6.45, 7) is 4.85. The molecule has 196 valence electrons. The monoisotopic (exact) mass is 513 g/mol. The first kappa shape index (κ1) is 28.8. The summed E-state index contributed by atoms with van der Waals surface area (Å²) in [5, 5.41) is 26.9. The maximum absolute atomic E-state index is 13.1. The molecule has 2 aromatic carbocycles. The Bertz CT molecular complexity index is 1140. The van der Waals surface area contributed by atoms with Gasteiger partial charge in [0.05, 0.1) is 35.9 Å². The molecule has 1 fully saturated rings. The molecule has 0 aliphatic carbocycles. The summed E-state index contributed by atoms with van der Waals surface area (Å²) in [5.74, 6) is -3.04. The van der Waals surface area contributed by atoms with Crippen molar-refractivity contribution in [3.05, 3.63) is 81.9 Å². The number of carboxylic acids is 2. The Morgan fingerprint density at radius 1 is 1.03 bits per heavy atom. The quantitative estimate of drug-likeness (QED) is 0.219. The molecule has 1 heterocycles. The van der Waals surface area contributed by atoms with Crippen LogP contribution >= 0.6 is 0 Å². The van der Waals surface area contributed by atoms with Gasteiger partial charge in [-0.3, -0.25) is 24.6 Å². The van der Waals surface area contributed by atoms with Crippen molar-refractivity contribution in [2.45, 2.75) is 6.92 Å². The normalized spacial score (nSPS) is 13.3. The van der Waals surface area contributed by atoms with Crippen LogP contribution in [0, 0.1) is 10.1 Å². The second-order valence-corrected chi connectivity index (χ2v) is 7.69. The fourth-order valence-corrected chi connectivity index (χ4v) is 3.46. The Morgan fingerprint density at radius 2 is 1.62 bits per heavy atom. The van der Waals surface area contributed by atoms with E-state index in [4.69, 9.17) is 14.9 Å². The first-order valence-corrected chi connectivity index (χ1v) is 11.3. The minimum Gasteiger partial charge on any atom is -0.478 e. The lowest BCUT2D eigenvalue weighted by atomic mass is 10.00. The second kappa shape index (κ2) is 14.2. The molecule has 1 aliphatic heterocycles. The third-order valence-electron chi connectivity index (χ3n) is 5.21. The number of carbonyl (C=O) groups is 4. The van der Waals surface area contributed by atoms with Crippen molar-refractivity contribution in [3.63, 3.8) is 0 Å². The van der Waals surface area contributed by atoms with Crippen molar-refractivity contribution in [3.8, 4) is 0 Å². The molecule has 1 saturated heterocycles. The van der Waals surface area contributed by atoms with Crippen molar-refractivity contribution in [1.29, 1.82) is 0 Å². The number of likely N-dealkylation sites (N-methyl/N-ethyl adjacent to an activating group) is 1. The number of carboxylic acid groups (broad SMARTS) is 2. The van der Waals surface area contributed by atoms with E-state index >= 15 is 0 Å². The molecule has 0 atom stereocenters. The molecule has 0 aromatic heterocycles. The lowest BCUT2D eigenvalue weighted by Crippen LogP contribution is -2.45. The van der Waals surface area contributed by atoms with E-state index in [-0.39, 0.29) is 29.5 Å². The number of nitro groups is 1. The number of benzene rings is 2. The van der Waals surface area contributed by atoms with E-state index in [0.29, 0.717) is 56.3 Å². The van der Waals surface area contributed by atoms with E-state index in [1.165, 1.54) is 23.1 Å². The first-order valence-electron chi connectivity index (χ1n) is 11.3. The zero-order valence-electron chi connectivity index (χ0n) is 20.1. The fourth-order valence-electron chi connectivity index (χ4n) is 3.46. The first-order chi connectivity index (χ1) is 17.6. The molecule has 1 aliphatic rings. The number of anilines is 1. The molecule has 12 heteroatoms. The average Bonchev–Trinajstić information content (AvgIpc) is 2.89. The van der Waals surface area contributed by atoms with Gasteiger partial charge >= 0.3 is 11.9 Å². The number of rotatable bonds is 9. The Hall–Kier alpha value is -4.42. The van der Waals surface area contributed by atoms with Gasteiger partial charge in [-0.15, -0.1) is 0 Å². The van der Waals surface area contributed by atoms with Crippen molar-refractivity contribution < 1.29 is 39.1 Å². The summed E-state index contributed by atoms with van der Waals surface area (Å²) in [6.07, 6.45) is 1.12. The van der Waals surface area contributed by atoms with Crippen LogP contribution in [0.5, 0.6) is 0 Å². The summed E-state index contributed by atoms with van der Waals surface area (Å²) in [7, 11) is 0. The molecule has 37 heavy (non-hydrogen) atoms. The minimum atomic E-state index is -1.26. The summed E-state index contributed by atoms with van der Waals surface area (Å²) >= 11 is 0. The summed E-state index contributed by atoms with van der Waals surface area (Å²) < 4.78 is 5.31. The molecule has 3 rings (SSSR count). The van der Waals surface area contributed by atoms with Gasteiger partial charge < -0.3 is 19.8 Å². The molecule has 0 saturated carbocycles. The number of amides is 1. The molecule has 12 nitrogen and oxygen atoms in total. The molecular formula is C25H27N3O9. The highest BCUT2D eigenvalue weighted by molar-refractivity contribution is 6.14. The van der Waals surface area contributed by atoms with E-state index in [1.54, 1.807) is 30.3 Å². The topological polar surface area (TPSA) is 168 Å². The number of morpholine rings is 1. The smallest absolute Gasteiger partial charge is 0.328 e. The lowest BCUT2D eigenvalue weighted by Gasteiger charge is -2.30. The van der Waals surface area contributed by atoms with E-state index in [0.717, 1.165) is 0 Å². The lowest BCUT2D eigenvalue weighted by molar-refractivity contribution is -0.384. The van der Waals surface area contributed by atoms with Gasteiger partial charge in [0.2, 0.25) is 5.91 Å². The van der Waals surface area contributed by atoms with Gasteiger partial charge in [0.1, 0.15) is 0 Å². The molecule has 1 amide bonds. The number of hydrogen-bond acceptors (Lipinski definition) is 8. The number of carbonyl (C=O) groups excluding carboxylic acids is 2. The van der Waals surface area contributed by atoms with Crippen LogP contribution in [0.25, 0.3) is 0 Å². The summed E-state index contributed by atoms with van der Waals surface area (Å²) in [6, 6.07) is 12.6. The molecular weight excluding hydrogens is 486 g/mol. The van der Waals surface area contributed by atoms with Crippen molar-refractivity contribution in [2.75, 3.05) is 44.3 Å². The van der Waals surface area contributed by atoms with Crippen LogP contribution in [0.15, 0.2) is 60.7 Å². The predicted octanol–water partition coefficient (Wildman–Crippen LogP) is 2.22. The van der Waals surface area contributed by atoms with E-state index < -0.39 is 16.9 Å². The molecule has 0 bridgehead atoms. The van der Waals surface area contributed by atoms with Gasteiger partial charge in [-0.2, -0.15) is 0 Å². The largest absolute Gasteiger partial charge is 0.478 e. The number of nitro benzene ring substituents is 1. The van der Waals surface area contributed by atoms with Gasteiger partial charge in [0.15, 0.2) is 5.78 Å². The SMILES string of the molecule is CCN(C(=O)CN1CCOCC1)c1ccc([N+](=O)[O-])cc1C(=O)c1ccccc1.O=C(O)/C=C\C(=O)O. The third kappa shape index (κ3) is 8.94. The third-order valence-corrected chi connectivity index (χ3v) is 5.21. The van der Waals surface area contributed by atoms with Crippen LogP contribution in [-0.4, -0.2) is 83.1 Å². The summed E-state index contributed by atoms with van der Waals surface area (Å²) in [5.41, 5.74) is 0.739. The fraction of sp³-hybridized carbons (Fsp3) is 0.280. The van der Waals surface area contributed by atoms with Crippen LogP contribution in [0.3, 0.4) is 0 Å². The molecule has 0 unspecified atom stereocenters. The van der Waals surface area contributed by atoms with Gasteiger partial charge in [0.25, 0.3) is 5.69 Å². The second-order valence-electron chi connectivity index (χ2n) is 7.69. The molecule has 2 N–H and O–H groups in total. The minimum absolute atomic E-state index is 0.141. The molecule has 0 spiro atoms. The molecule has 2 aromatic rings. The Balaban J connectivity index is 0.000000521. The Morgan fingerprint density at radius 3 is 2.14 bits per heavy atom. The number of nitrogens with zero attached hydrogens (tertiary/aromatic N) is 3. The zero-order valence-corrected chi connectivity index (χ0v) is 20.1. The van der Waals surface area contributed by atoms with E-state index in [2.05, 4.69) is 0 Å². The van der Waals surface area contributed by atoms with Crippen LogP contribution in [0.2, 0.25) is 0 Å². The van der Waals surface area contributed by atoms with Gasteiger partial charge in [-0.1, -0.05) is 30.3 Å². The highest BCUT2D eigenvalue weighted by Gasteiger charge is 2.25. The van der Waals surface area contributed by atoms with Gasteiger partial charge in [-0.25, -0.2) is 9.59 Å². The van der Waals surface area contributed by atoms with Crippen LogP contribution in [0.4, 0.5) is 11.4 Å². The van der Waals surface area contributed by atoms with Crippen LogP contribution in [0.1, 0.15) is 22.8 Å².